The van der Waals surface area contributed by atoms with Gasteiger partial charge in [-0.2, -0.15) is 0 Å². The van der Waals surface area contributed by atoms with Crippen LogP contribution in [-0.4, -0.2) is 89.3 Å². The van der Waals surface area contributed by atoms with Gasteiger partial charge in [-0.1, -0.05) is 18.2 Å². The summed E-state index contributed by atoms with van der Waals surface area (Å²) >= 11 is 0. The number of nitrogens with zero attached hydrogens (tertiary/aromatic N) is 3. The number of amides is 3. The molecule has 1 aromatic heterocycles. The first-order valence-corrected chi connectivity index (χ1v) is 19.1. The number of likely N-dealkylation sites (tertiary alicyclic amines) is 2. The molecule has 2 aromatic rings. The molecule has 1 N–H and O–H groups in total. The van der Waals surface area contributed by atoms with Crippen molar-refractivity contribution in [1.82, 2.24) is 20.1 Å². The summed E-state index contributed by atoms with van der Waals surface area (Å²) in [5.74, 6) is -0.0185. The minimum Gasteiger partial charge on any atom is -0.491 e. The molecule has 2 unspecified atom stereocenters. The number of piperidine rings is 2. The zero-order chi connectivity index (χ0) is 38.6. The molecule has 0 bridgehead atoms. The highest BCUT2D eigenvalue weighted by molar-refractivity contribution is 5.82. The lowest BCUT2D eigenvalue weighted by molar-refractivity contribution is -0.155. The first-order valence-electron chi connectivity index (χ1n) is 19.1. The maximum Gasteiger partial charge on any atom is 0.410 e. The highest BCUT2D eigenvalue weighted by atomic mass is 19.1. The quantitative estimate of drug-likeness (QED) is 0.211. The van der Waals surface area contributed by atoms with E-state index < -0.39 is 35.8 Å². The van der Waals surface area contributed by atoms with Crippen LogP contribution >= 0.6 is 0 Å². The Morgan fingerprint density at radius 2 is 1.57 bits per heavy atom. The van der Waals surface area contributed by atoms with Crippen LogP contribution in [0.4, 0.5) is 9.18 Å². The third kappa shape index (κ3) is 14.3. The molecule has 2 aliphatic rings. The van der Waals surface area contributed by atoms with Crippen LogP contribution in [0.5, 0.6) is 5.75 Å². The molecule has 0 radical (unpaired) electrons. The number of aryl methyl sites for hydroxylation is 2. The van der Waals surface area contributed by atoms with Gasteiger partial charge >= 0.3 is 12.1 Å². The van der Waals surface area contributed by atoms with Gasteiger partial charge in [0.1, 0.15) is 30.2 Å². The van der Waals surface area contributed by atoms with Gasteiger partial charge in [-0.05, 0) is 121 Å². The Balaban J connectivity index is 1.33. The van der Waals surface area contributed by atoms with Crippen LogP contribution in [0, 0.1) is 11.8 Å². The van der Waals surface area contributed by atoms with Gasteiger partial charge in [0.15, 0.2) is 0 Å². The first-order chi connectivity index (χ1) is 25.1. The summed E-state index contributed by atoms with van der Waals surface area (Å²) in [6, 6.07) is 8.86. The summed E-state index contributed by atoms with van der Waals surface area (Å²) in [5, 5.41) is 3.11. The summed E-state index contributed by atoms with van der Waals surface area (Å²) in [6.45, 7) is 12.7. The Labute approximate surface area is 314 Å². The summed E-state index contributed by atoms with van der Waals surface area (Å²) in [5.41, 5.74) is 1.53. The van der Waals surface area contributed by atoms with Crippen molar-refractivity contribution in [3.63, 3.8) is 0 Å². The molecule has 12 heteroatoms. The second kappa shape index (κ2) is 19.2. The number of halogens is 1. The van der Waals surface area contributed by atoms with Crippen LogP contribution in [0.1, 0.15) is 109 Å². The molecular formula is C41H59FN4O7. The molecule has 0 saturated carbocycles. The zero-order valence-electron chi connectivity index (χ0n) is 32.5. The van der Waals surface area contributed by atoms with E-state index in [1.54, 1.807) is 43.0 Å². The molecule has 4 rings (SSSR count). The van der Waals surface area contributed by atoms with E-state index in [9.17, 15) is 23.6 Å². The summed E-state index contributed by atoms with van der Waals surface area (Å²) in [4.78, 5) is 60.6. The first kappa shape index (κ1) is 41.5. The molecule has 1 aromatic carbocycles. The van der Waals surface area contributed by atoms with E-state index in [2.05, 4.69) is 10.3 Å². The number of nitrogens with one attached hydrogen (secondary N) is 1. The maximum atomic E-state index is 13.8. The van der Waals surface area contributed by atoms with Gasteiger partial charge in [-0.25, -0.2) is 9.18 Å². The van der Waals surface area contributed by atoms with Gasteiger partial charge in [0, 0.05) is 45.0 Å². The average Bonchev–Trinajstić information content (AvgIpc) is 3.11. The smallest absolute Gasteiger partial charge is 0.410 e. The molecule has 0 spiro atoms. The van der Waals surface area contributed by atoms with Gasteiger partial charge in [0.05, 0.1) is 18.4 Å². The number of rotatable bonds is 14. The number of carbonyl (C=O) groups excluding carboxylic acids is 4. The molecule has 2 aliphatic heterocycles. The molecular weight excluding hydrogens is 679 g/mol. The van der Waals surface area contributed by atoms with Crippen molar-refractivity contribution in [2.45, 2.75) is 117 Å². The van der Waals surface area contributed by atoms with E-state index in [0.29, 0.717) is 62.7 Å². The monoisotopic (exact) mass is 738 g/mol. The van der Waals surface area contributed by atoms with E-state index in [-0.39, 0.29) is 30.9 Å². The highest BCUT2D eigenvalue weighted by Crippen LogP contribution is 2.27. The fraction of sp³-hybridized carbons (Fsp3) is 0.634. The minimum atomic E-state index is -0.683. The van der Waals surface area contributed by atoms with Crippen molar-refractivity contribution in [3.05, 3.63) is 59.4 Å². The molecule has 3 amide bonds. The molecule has 3 heterocycles. The topological polar surface area (TPSA) is 127 Å². The van der Waals surface area contributed by atoms with Gasteiger partial charge in [-0.3, -0.25) is 19.4 Å². The molecule has 53 heavy (non-hydrogen) atoms. The second-order valence-electron chi connectivity index (χ2n) is 16.3. The number of benzene rings is 1. The Morgan fingerprint density at radius 1 is 0.887 bits per heavy atom. The number of esters is 1. The van der Waals surface area contributed by atoms with Crippen molar-refractivity contribution >= 4 is 23.9 Å². The van der Waals surface area contributed by atoms with Crippen LogP contribution in [0.2, 0.25) is 0 Å². The predicted octanol–water partition coefficient (Wildman–Crippen LogP) is 6.77. The van der Waals surface area contributed by atoms with E-state index in [1.807, 2.05) is 51.1 Å². The van der Waals surface area contributed by atoms with Gasteiger partial charge in [0.25, 0.3) is 0 Å². The van der Waals surface area contributed by atoms with E-state index in [4.69, 9.17) is 14.2 Å². The van der Waals surface area contributed by atoms with Crippen LogP contribution in [0.15, 0.2) is 42.7 Å². The minimum absolute atomic E-state index is 0.0242. The SMILES string of the molecule is CC(C)(C)OC(=O)CC(NC(=O)C1CCCN(C(=O)CCC2CCN(C(=O)OC(C)(C)C)CC2)C1)c1cncc(CCc2ccc(OCCF)cc2)c1. The molecule has 2 atom stereocenters. The number of alkyl halides is 1. The fourth-order valence-electron chi connectivity index (χ4n) is 6.76. The normalized spacial score (nSPS) is 17.5. The van der Waals surface area contributed by atoms with Crippen molar-refractivity contribution < 1.29 is 37.8 Å². The van der Waals surface area contributed by atoms with Crippen LogP contribution in [0.3, 0.4) is 0 Å². The highest BCUT2D eigenvalue weighted by Gasteiger charge is 2.32. The Bertz CT molecular complexity index is 1510. The third-order valence-corrected chi connectivity index (χ3v) is 9.47. The lowest BCUT2D eigenvalue weighted by atomic mass is 9.91. The van der Waals surface area contributed by atoms with E-state index in [1.165, 1.54) is 0 Å². The number of aromatic nitrogens is 1. The standard InChI is InChI=1S/C41H59FN4O7/c1-40(2,3)52-37(48)25-35(33-24-31(26-43-27-33)10-9-29-11-14-34(15-12-29)51-23-19-42)44-38(49)32-8-7-20-46(28-32)36(47)16-13-30-17-21-45(22-18-30)39(50)53-41(4,5)6/h11-12,14-15,24,26-27,30,32,35H,7-10,13,16-23,25,28H2,1-6H3,(H,44,49). The van der Waals surface area contributed by atoms with Gasteiger partial charge in [0.2, 0.25) is 11.8 Å². The predicted molar refractivity (Wildman–Crippen MR) is 200 cm³/mol. The van der Waals surface area contributed by atoms with Crippen molar-refractivity contribution in [2.24, 2.45) is 11.8 Å². The largest absolute Gasteiger partial charge is 0.491 e. The van der Waals surface area contributed by atoms with Crippen molar-refractivity contribution in [2.75, 3.05) is 39.5 Å². The third-order valence-electron chi connectivity index (χ3n) is 9.47. The fourth-order valence-corrected chi connectivity index (χ4v) is 6.76. The van der Waals surface area contributed by atoms with Gasteiger partial charge in [-0.15, -0.1) is 0 Å². The lowest BCUT2D eigenvalue weighted by Gasteiger charge is -2.35. The number of hydrogen-bond acceptors (Lipinski definition) is 8. The van der Waals surface area contributed by atoms with Crippen molar-refractivity contribution in [1.29, 1.82) is 0 Å². The number of ether oxygens (including phenoxy) is 3. The molecule has 292 valence electrons. The molecule has 2 saturated heterocycles. The number of pyridine rings is 1. The Hall–Kier alpha value is -4.22. The number of carbonyl (C=O) groups is 4. The lowest BCUT2D eigenvalue weighted by Crippen LogP contribution is -2.46. The summed E-state index contributed by atoms with van der Waals surface area (Å²) < 4.78 is 28.9. The van der Waals surface area contributed by atoms with Crippen LogP contribution in [0.25, 0.3) is 0 Å². The Morgan fingerprint density at radius 3 is 2.23 bits per heavy atom. The summed E-state index contributed by atoms with van der Waals surface area (Å²) in [7, 11) is 0. The summed E-state index contributed by atoms with van der Waals surface area (Å²) in [6.07, 6.45) is 8.69. The van der Waals surface area contributed by atoms with Crippen molar-refractivity contribution in [3.8, 4) is 5.75 Å². The number of hydrogen-bond donors (Lipinski definition) is 1. The van der Waals surface area contributed by atoms with Crippen LogP contribution in [-0.2, 0) is 36.7 Å². The van der Waals surface area contributed by atoms with Crippen LogP contribution < -0.4 is 10.1 Å². The second-order valence-corrected chi connectivity index (χ2v) is 16.3. The molecule has 2 fully saturated rings. The molecule has 0 aliphatic carbocycles. The van der Waals surface area contributed by atoms with E-state index >= 15 is 0 Å². The zero-order valence-corrected chi connectivity index (χ0v) is 32.5. The molecule has 11 nitrogen and oxygen atoms in total. The Kier molecular flexibility index (Phi) is 15.1. The van der Waals surface area contributed by atoms with E-state index in [0.717, 1.165) is 43.2 Å². The van der Waals surface area contributed by atoms with Gasteiger partial charge < -0.3 is 29.3 Å². The maximum absolute atomic E-state index is 13.8. The average molecular weight is 739 g/mol.